The Bertz CT molecular complexity index is 660. The van der Waals surface area contributed by atoms with Gasteiger partial charge >= 0.3 is 0 Å². The predicted octanol–water partition coefficient (Wildman–Crippen LogP) is 3.21. The van der Waals surface area contributed by atoms with Crippen molar-refractivity contribution in [2.24, 2.45) is 0 Å². The van der Waals surface area contributed by atoms with E-state index in [4.69, 9.17) is 0 Å². The van der Waals surface area contributed by atoms with Gasteiger partial charge in [0, 0.05) is 11.1 Å². The van der Waals surface area contributed by atoms with Crippen molar-refractivity contribution in [1.82, 2.24) is 4.90 Å². The van der Waals surface area contributed by atoms with Crippen LogP contribution in [0.2, 0.25) is 0 Å². The van der Waals surface area contributed by atoms with Crippen LogP contribution >= 0.6 is 0 Å². The fourth-order valence-corrected chi connectivity index (χ4v) is 2.45. The lowest BCUT2D eigenvalue weighted by Gasteiger charge is -2.31. The highest BCUT2D eigenvalue weighted by Gasteiger charge is 2.34. The number of fused-ring (bicyclic) bond motifs is 2. The zero-order valence-corrected chi connectivity index (χ0v) is 10.8. The lowest BCUT2D eigenvalue weighted by atomic mass is 9.98. The second-order valence-electron chi connectivity index (χ2n) is 4.65. The van der Waals surface area contributed by atoms with Gasteiger partial charge in [-0.2, -0.15) is 0 Å². The molecule has 0 fully saturated rings. The summed E-state index contributed by atoms with van der Waals surface area (Å²) >= 11 is 0. The van der Waals surface area contributed by atoms with E-state index in [1.165, 1.54) is 4.90 Å². The molecule has 0 radical (unpaired) electrons. The number of imide groups is 1. The molecule has 0 saturated heterocycles. The molecule has 1 aliphatic heterocycles. The van der Waals surface area contributed by atoms with Gasteiger partial charge in [-0.3, -0.25) is 14.5 Å². The first-order valence-corrected chi connectivity index (χ1v) is 6.38. The fourth-order valence-electron chi connectivity index (χ4n) is 2.45. The van der Waals surface area contributed by atoms with Crippen LogP contribution in [0.3, 0.4) is 0 Å². The maximum absolute atomic E-state index is 12.4. The first-order valence-electron chi connectivity index (χ1n) is 6.38. The van der Waals surface area contributed by atoms with Crippen LogP contribution in [0.5, 0.6) is 0 Å². The lowest BCUT2D eigenvalue weighted by molar-refractivity contribution is 0.0563. The van der Waals surface area contributed by atoms with Gasteiger partial charge in [0.15, 0.2) is 0 Å². The van der Waals surface area contributed by atoms with Gasteiger partial charge in [0.2, 0.25) is 0 Å². The average Bonchev–Trinajstić information content (AvgIpc) is 2.51. The number of benzene rings is 2. The molecule has 1 atom stereocenters. The number of carbonyl (C=O) groups excluding carboxylic acids is 2. The van der Waals surface area contributed by atoms with Crippen molar-refractivity contribution >= 4 is 11.8 Å². The maximum Gasteiger partial charge on any atom is 0.261 e. The summed E-state index contributed by atoms with van der Waals surface area (Å²) in [6.45, 7) is 3.77. The molecule has 3 rings (SSSR count). The second kappa shape index (κ2) is 4.78. The first-order chi connectivity index (χ1) is 9.72. The summed E-state index contributed by atoms with van der Waals surface area (Å²) in [4.78, 5) is 26.1. The van der Waals surface area contributed by atoms with E-state index >= 15 is 0 Å². The minimum atomic E-state index is -0.449. The molecule has 20 heavy (non-hydrogen) atoms. The third kappa shape index (κ3) is 1.84. The van der Waals surface area contributed by atoms with E-state index in [1.54, 1.807) is 30.3 Å². The molecule has 0 saturated carbocycles. The van der Waals surface area contributed by atoms with Crippen molar-refractivity contribution in [1.29, 1.82) is 0 Å². The van der Waals surface area contributed by atoms with E-state index in [9.17, 15) is 9.59 Å². The SMILES string of the molecule is C=CC(c1ccccc1)N1C(=O)c2cccc(c2)C1=O. The van der Waals surface area contributed by atoms with E-state index in [0.717, 1.165) is 5.56 Å². The summed E-state index contributed by atoms with van der Waals surface area (Å²) in [5, 5.41) is 0. The van der Waals surface area contributed by atoms with Crippen LogP contribution in [0.4, 0.5) is 0 Å². The Balaban J connectivity index is 2.07. The van der Waals surface area contributed by atoms with Gasteiger partial charge < -0.3 is 0 Å². The molecule has 2 bridgehead atoms. The van der Waals surface area contributed by atoms with E-state index in [1.807, 2.05) is 30.3 Å². The van der Waals surface area contributed by atoms with Crippen molar-refractivity contribution in [2.45, 2.75) is 6.04 Å². The number of carbonyl (C=O) groups is 2. The third-order valence-corrected chi connectivity index (χ3v) is 3.44. The Labute approximate surface area is 117 Å². The second-order valence-corrected chi connectivity index (χ2v) is 4.65. The molecular weight excluding hydrogens is 250 g/mol. The van der Waals surface area contributed by atoms with Crippen molar-refractivity contribution in [3.05, 3.63) is 83.9 Å². The van der Waals surface area contributed by atoms with Crippen LogP contribution in [0.1, 0.15) is 32.3 Å². The van der Waals surface area contributed by atoms with E-state index in [-0.39, 0.29) is 11.8 Å². The summed E-state index contributed by atoms with van der Waals surface area (Å²) in [7, 11) is 0. The smallest absolute Gasteiger partial charge is 0.261 e. The monoisotopic (exact) mass is 263 g/mol. The Kier molecular flexibility index (Phi) is 2.95. The van der Waals surface area contributed by atoms with Crippen LogP contribution in [0.15, 0.2) is 67.3 Å². The topological polar surface area (TPSA) is 37.4 Å². The largest absolute Gasteiger partial charge is 0.269 e. The summed E-state index contributed by atoms with van der Waals surface area (Å²) in [5.41, 5.74) is 1.93. The number of nitrogens with zero attached hydrogens (tertiary/aromatic N) is 1. The minimum Gasteiger partial charge on any atom is -0.269 e. The van der Waals surface area contributed by atoms with Gasteiger partial charge in [0.05, 0.1) is 6.04 Å². The van der Waals surface area contributed by atoms with Crippen molar-refractivity contribution in [3.8, 4) is 0 Å². The normalized spacial score (nSPS) is 15.1. The van der Waals surface area contributed by atoms with Gasteiger partial charge in [-0.1, -0.05) is 42.5 Å². The third-order valence-electron chi connectivity index (χ3n) is 3.44. The highest BCUT2D eigenvalue weighted by atomic mass is 16.2. The molecule has 0 aliphatic carbocycles. The average molecular weight is 263 g/mol. The van der Waals surface area contributed by atoms with Gasteiger partial charge in [-0.25, -0.2) is 0 Å². The Morgan fingerprint density at radius 1 is 0.900 bits per heavy atom. The Hall–Kier alpha value is -2.68. The summed E-state index contributed by atoms with van der Waals surface area (Å²) in [5.74, 6) is -0.561. The van der Waals surface area contributed by atoms with E-state index in [0.29, 0.717) is 11.1 Å². The van der Waals surface area contributed by atoms with Crippen LogP contribution in [0, 0.1) is 0 Å². The maximum atomic E-state index is 12.4. The highest BCUT2D eigenvalue weighted by molar-refractivity contribution is 6.14. The molecule has 3 nitrogen and oxygen atoms in total. The van der Waals surface area contributed by atoms with E-state index < -0.39 is 6.04 Å². The molecule has 1 unspecified atom stereocenters. The summed E-state index contributed by atoms with van der Waals surface area (Å²) in [6.07, 6.45) is 1.62. The molecule has 1 aliphatic rings. The molecule has 1 heterocycles. The number of rotatable bonds is 3. The molecule has 0 spiro atoms. The molecule has 2 aromatic carbocycles. The van der Waals surface area contributed by atoms with Crippen molar-refractivity contribution in [2.75, 3.05) is 0 Å². The first kappa shape index (κ1) is 12.4. The number of hydrogen-bond donors (Lipinski definition) is 0. The highest BCUT2D eigenvalue weighted by Crippen LogP contribution is 2.29. The number of hydrogen-bond acceptors (Lipinski definition) is 2. The van der Waals surface area contributed by atoms with Crippen LogP contribution < -0.4 is 0 Å². The molecule has 2 amide bonds. The van der Waals surface area contributed by atoms with Gasteiger partial charge in [0.25, 0.3) is 11.8 Å². The van der Waals surface area contributed by atoms with Crippen molar-refractivity contribution < 1.29 is 9.59 Å². The Morgan fingerprint density at radius 2 is 1.50 bits per heavy atom. The van der Waals surface area contributed by atoms with Gasteiger partial charge in [-0.05, 0) is 23.8 Å². The molecule has 0 N–H and O–H groups in total. The van der Waals surface area contributed by atoms with Crippen molar-refractivity contribution in [3.63, 3.8) is 0 Å². The van der Waals surface area contributed by atoms with Gasteiger partial charge in [0.1, 0.15) is 0 Å². The zero-order valence-electron chi connectivity index (χ0n) is 10.8. The molecule has 0 aromatic heterocycles. The summed E-state index contributed by atoms with van der Waals surface area (Å²) in [6, 6.07) is 15.8. The zero-order chi connectivity index (χ0) is 14.1. The minimum absolute atomic E-state index is 0.281. The van der Waals surface area contributed by atoms with E-state index in [2.05, 4.69) is 6.58 Å². The fraction of sp³-hybridized carbons (Fsp3) is 0.0588. The summed E-state index contributed by atoms with van der Waals surface area (Å²) < 4.78 is 0. The molecular formula is C17H13NO2. The molecule has 2 aromatic rings. The Morgan fingerprint density at radius 3 is 2.05 bits per heavy atom. The quantitative estimate of drug-likeness (QED) is 0.630. The molecule has 98 valence electrons. The predicted molar refractivity (Wildman–Crippen MR) is 76.3 cm³/mol. The van der Waals surface area contributed by atoms with Gasteiger partial charge in [-0.15, -0.1) is 6.58 Å². The standard InChI is InChI=1S/C17H13NO2/c1-2-15(12-7-4-3-5-8-12)18-16(19)13-9-6-10-14(11-13)17(18)20/h2-11,15H,1H2. The van der Waals surface area contributed by atoms with Crippen LogP contribution in [-0.4, -0.2) is 16.7 Å². The lowest BCUT2D eigenvalue weighted by Crippen LogP contribution is -2.42. The van der Waals surface area contributed by atoms with Crippen LogP contribution in [-0.2, 0) is 0 Å². The van der Waals surface area contributed by atoms with Crippen LogP contribution in [0.25, 0.3) is 0 Å². The number of amides is 2. The molecule has 3 heteroatoms.